The molecule has 7 aromatic carbocycles. The standard InChI is InChI=1S/C45H28N4O/c1-3-14-29(15-4-1)43-46-44(30-16-5-2-6-17-30)48-45(47-43)37-28-31(32-21-13-22-36-35-20-9-12-25-41(35)50-42(32)36)26-27-40(37)49-38-23-10-7-18-33(38)34-19-8-11-24-39(34)49/h1-28H/i7D,8D,9D,13D,18D,19D,20D,22D,23D,24D,25D,26D,27D,28D. The molecule has 10 aromatic rings. The smallest absolute Gasteiger partial charge is 0.166 e. The average molecular weight is 655 g/mol. The first-order valence-electron chi connectivity index (χ1n) is 22.6. The van der Waals surface area contributed by atoms with E-state index in [9.17, 15) is 6.85 Å². The molecule has 0 aliphatic rings. The fourth-order valence-corrected chi connectivity index (χ4v) is 6.12. The van der Waals surface area contributed by atoms with Crippen molar-refractivity contribution in [1.29, 1.82) is 0 Å². The number of rotatable bonds is 5. The summed E-state index contributed by atoms with van der Waals surface area (Å²) in [7, 11) is 0. The van der Waals surface area contributed by atoms with E-state index in [0.29, 0.717) is 11.1 Å². The number of hydrogen-bond acceptors (Lipinski definition) is 4. The fourth-order valence-electron chi connectivity index (χ4n) is 6.12. The van der Waals surface area contributed by atoms with Gasteiger partial charge >= 0.3 is 0 Å². The molecule has 0 unspecified atom stereocenters. The molecule has 0 amide bonds. The first-order chi connectivity index (χ1) is 30.6. The molecule has 0 saturated heterocycles. The van der Waals surface area contributed by atoms with Crippen molar-refractivity contribution in [3.8, 4) is 51.0 Å². The lowest BCUT2D eigenvalue weighted by Gasteiger charge is -2.16. The van der Waals surface area contributed by atoms with Crippen LogP contribution < -0.4 is 0 Å². The number of aromatic nitrogens is 4. The van der Waals surface area contributed by atoms with E-state index in [2.05, 4.69) is 0 Å². The molecule has 0 saturated carbocycles. The third kappa shape index (κ3) is 4.52. The van der Waals surface area contributed by atoms with E-state index in [4.69, 9.17) is 31.7 Å². The Balaban J connectivity index is 1.44. The van der Waals surface area contributed by atoms with Gasteiger partial charge in [0.25, 0.3) is 0 Å². The highest BCUT2D eigenvalue weighted by Crippen LogP contribution is 2.41. The van der Waals surface area contributed by atoms with Crippen molar-refractivity contribution in [2.75, 3.05) is 0 Å². The van der Waals surface area contributed by atoms with E-state index in [0.717, 1.165) is 18.2 Å². The van der Waals surface area contributed by atoms with Gasteiger partial charge in [-0.1, -0.05) is 139 Å². The van der Waals surface area contributed by atoms with Crippen LogP contribution in [-0.2, 0) is 0 Å². The van der Waals surface area contributed by atoms with E-state index >= 15 is 0 Å². The summed E-state index contributed by atoms with van der Waals surface area (Å²) in [6, 6.07) is 16.4. The molecule has 0 bridgehead atoms. The minimum Gasteiger partial charge on any atom is -0.455 e. The molecule has 0 spiro atoms. The highest BCUT2D eigenvalue weighted by molar-refractivity contribution is 6.11. The molecule has 0 atom stereocenters. The van der Waals surface area contributed by atoms with Crippen molar-refractivity contribution in [3.05, 3.63) is 170 Å². The van der Waals surface area contributed by atoms with Crippen LogP contribution in [0.1, 0.15) is 19.2 Å². The summed E-state index contributed by atoms with van der Waals surface area (Å²) < 4.78 is 134. The Morgan fingerprint density at radius 3 is 1.70 bits per heavy atom. The zero-order valence-electron chi connectivity index (χ0n) is 39.8. The van der Waals surface area contributed by atoms with E-state index in [1.165, 1.54) is 10.6 Å². The Morgan fingerprint density at radius 1 is 0.460 bits per heavy atom. The molecule has 0 N–H and O–H groups in total. The van der Waals surface area contributed by atoms with Crippen LogP contribution in [0, 0.1) is 0 Å². The number of benzene rings is 7. The number of fused-ring (bicyclic) bond motifs is 6. The highest BCUT2D eigenvalue weighted by atomic mass is 16.3. The summed E-state index contributed by atoms with van der Waals surface area (Å²) in [6.45, 7) is 0. The highest BCUT2D eigenvalue weighted by Gasteiger charge is 2.21. The second-order valence-electron chi connectivity index (χ2n) is 11.3. The van der Waals surface area contributed by atoms with Gasteiger partial charge in [0, 0.05) is 43.8 Å². The summed E-state index contributed by atoms with van der Waals surface area (Å²) in [5.41, 5.74) is -0.552. The largest absolute Gasteiger partial charge is 0.455 e. The fraction of sp³-hybridized carbons (Fsp3) is 0. The monoisotopic (exact) mass is 654 g/mol. The Bertz CT molecular complexity index is 3540. The van der Waals surface area contributed by atoms with Gasteiger partial charge in [-0.2, -0.15) is 0 Å². The van der Waals surface area contributed by atoms with Gasteiger partial charge in [-0.25, -0.2) is 15.0 Å². The van der Waals surface area contributed by atoms with Crippen molar-refractivity contribution in [3.63, 3.8) is 0 Å². The maximum absolute atomic E-state index is 10.2. The molecule has 3 aromatic heterocycles. The van der Waals surface area contributed by atoms with Gasteiger partial charge < -0.3 is 8.98 Å². The van der Waals surface area contributed by atoms with Gasteiger partial charge in [-0.15, -0.1) is 0 Å². The topological polar surface area (TPSA) is 56.7 Å². The Labute approximate surface area is 307 Å². The van der Waals surface area contributed by atoms with Crippen LogP contribution >= 0.6 is 0 Å². The van der Waals surface area contributed by atoms with Crippen LogP contribution in [0.15, 0.2) is 174 Å². The first kappa shape index (κ1) is 17.5. The second-order valence-corrected chi connectivity index (χ2v) is 11.3. The third-order valence-electron chi connectivity index (χ3n) is 8.38. The summed E-state index contributed by atoms with van der Waals surface area (Å²) in [4.78, 5) is 14.5. The van der Waals surface area contributed by atoms with E-state index in [-0.39, 0.29) is 126 Å². The second kappa shape index (κ2) is 11.4. The predicted octanol–water partition coefficient (Wildman–Crippen LogP) is 11.5. The quantitative estimate of drug-likeness (QED) is 0.185. The number of para-hydroxylation sites is 4. The SMILES string of the molecule is [2H]c1cc([2H])c2oc3c(-c4c([2H])c([2H])c(-n5c6c([2H])cc([2H])c([2H])c6c6c([2H])c([2H])cc([2H])c65)c(-c5nc(-c6ccccc6)nc(-c6ccccc6)n5)c4[2H])cc([2H])c([2H])c3c2c1[2H]. The predicted molar refractivity (Wildman–Crippen MR) is 203 cm³/mol. The number of nitrogens with zero attached hydrogens (tertiary/aromatic N) is 4. The van der Waals surface area contributed by atoms with Crippen LogP contribution in [-0.4, -0.2) is 19.5 Å². The van der Waals surface area contributed by atoms with Gasteiger partial charge in [0.2, 0.25) is 0 Å². The molecule has 3 heterocycles. The Kier molecular flexibility index (Phi) is 3.99. The van der Waals surface area contributed by atoms with E-state index in [1.807, 2.05) is 0 Å². The van der Waals surface area contributed by atoms with Gasteiger partial charge in [0.15, 0.2) is 17.5 Å². The molecule has 0 aliphatic carbocycles. The Morgan fingerprint density at radius 2 is 1.04 bits per heavy atom. The molecule has 50 heavy (non-hydrogen) atoms. The van der Waals surface area contributed by atoms with E-state index < -0.39 is 42.3 Å². The molecular weight excluding hydrogens is 613 g/mol. The summed E-state index contributed by atoms with van der Waals surface area (Å²) in [5, 5.41) is -0.443. The normalized spacial score (nSPS) is 15.5. The molecule has 234 valence electrons. The van der Waals surface area contributed by atoms with Crippen molar-refractivity contribution < 1.29 is 23.6 Å². The van der Waals surface area contributed by atoms with Crippen LogP contribution in [0.5, 0.6) is 0 Å². The molecule has 0 aliphatic heterocycles. The van der Waals surface area contributed by atoms with Gasteiger partial charge in [0.05, 0.1) is 35.9 Å². The van der Waals surface area contributed by atoms with Crippen LogP contribution in [0.3, 0.4) is 0 Å². The molecular formula is C45H28N4O. The summed E-state index contributed by atoms with van der Waals surface area (Å²) in [6.07, 6.45) is 0. The summed E-state index contributed by atoms with van der Waals surface area (Å²) >= 11 is 0. The number of furan rings is 1. The maximum atomic E-state index is 10.2. The van der Waals surface area contributed by atoms with Crippen molar-refractivity contribution in [2.24, 2.45) is 0 Å². The van der Waals surface area contributed by atoms with Gasteiger partial charge in [-0.3, -0.25) is 0 Å². The summed E-state index contributed by atoms with van der Waals surface area (Å²) in [5.74, 6) is 0.0726. The van der Waals surface area contributed by atoms with Gasteiger partial charge in [0.1, 0.15) is 11.2 Å². The zero-order chi connectivity index (χ0) is 45.2. The molecule has 0 fully saturated rings. The molecule has 5 heteroatoms. The molecule has 0 radical (unpaired) electrons. The van der Waals surface area contributed by atoms with Gasteiger partial charge in [-0.05, 0) is 35.8 Å². The minimum absolute atomic E-state index is 0.0810. The average Bonchev–Trinajstić information content (AvgIpc) is 3.87. The van der Waals surface area contributed by atoms with Crippen molar-refractivity contribution >= 4 is 43.7 Å². The minimum atomic E-state index is -0.638. The third-order valence-corrected chi connectivity index (χ3v) is 8.38. The lowest BCUT2D eigenvalue weighted by molar-refractivity contribution is 0.670. The molecule has 5 nitrogen and oxygen atoms in total. The van der Waals surface area contributed by atoms with Crippen LogP contribution in [0.4, 0.5) is 0 Å². The lowest BCUT2D eigenvalue weighted by atomic mass is 9.98. The van der Waals surface area contributed by atoms with E-state index in [1.54, 1.807) is 60.7 Å². The van der Waals surface area contributed by atoms with Crippen LogP contribution in [0.25, 0.3) is 94.7 Å². The van der Waals surface area contributed by atoms with Crippen molar-refractivity contribution in [2.45, 2.75) is 0 Å². The molecule has 10 rings (SSSR count). The van der Waals surface area contributed by atoms with Crippen LogP contribution in [0.2, 0.25) is 0 Å². The zero-order valence-corrected chi connectivity index (χ0v) is 25.8. The first-order valence-corrected chi connectivity index (χ1v) is 15.6. The Hall–Kier alpha value is -6.85. The van der Waals surface area contributed by atoms with Crippen molar-refractivity contribution in [1.82, 2.24) is 19.5 Å². The number of hydrogen-bond donors (Lipinski definition) is 0. The lowest BCUT2D eigenvalue weighted by Crippen LogP contribution is -2.04. The maximum Gasteiger partial charge on any atom is 0.166 e.